The molecular formula is C26H26F2N2O. The number of likely N-dealkylation sites (tertiary alicyclic amines) is 1. The third kappa shape index (κ3) is 5.36. The molecule has 0 radical (unpaired) electrons. The van der Waals surface area contributed by atoms with Crippen molar-refractivity contribution in [3.05, 3.63) is 107 Å². The van der Waals surface area contributed by atoms with Crippen LogP contribution in [0.1, 0.15) is 29.0 Å². The maximum absolute atomic E-state index is 14.2. The fourth-order valence-corrected chi connectivity index (χ4v) is 4.31. The molecule has 3 aromatic rings. The van der Waals surface area contributed by atoms with Gasteiger partial charge in [-0.1, -0.05) is 66.7 Å². The van der Waals surface area contributed by atoms with Gasteiger partial charge in [-0.15, -0.1) is 0 Å². The Morgan fingerprint density at radius 1 is 0.839 bits per heavy atom. The quantitative estimate of drug-likeness (QED) is 0.616. The summed E-state index contributed by atoms with van der Waals surface area (Å²) in [5.74, 6) is -0.731. The topological polar surface area (TPSA) is 32.3 Å². The van der Waals surface area contributed by atoms with Gasteiger partial charge in [-0.3, -0.25) is 9.69 Å². The Morgan fingerprint density at radius 2 is 1.45 bits per heavy atom. The summed E-state index contributed by atoms with van der Waals surface area (Å²) in [7, 11) is 0. The lowest BCUT2D eigenvalue weighted by atomic mass is 9.84. The first-order chi connectivity index (χ1) is 15.1. The second-order valence-electron chi connectivity index (χ2n) is 8.13. The van der Waals surface area contributed by atoms with Crippen molar-refractivity contribution in [3.63, 3.8) is 0 Å². The van der Waals surface area contributed by atoms with Crippen LogP contribution in [0.4, 0.5) is 8.78 Å². The average Bonchev–Trinajstić information content (AvgIpc) is 2.80. The molecule has 3 nitrogen and oxygen atoms in total. The summed E-state index contributed by atoms with van der Waals surface area (Å²) in [4.78, 5) is 15.1. The first-order valence-electron chi connectivity index (χ1n) is 10.6. The van der Waals surface area contributed by atoms with Gasteiger partial charge in [-0.05, 0) is 30.0 Å². The molecule has 31 heavy (non-hydrogen) atoms. The van der Waals surface area contributed by atoms with Crippen LogP contribution in [-0.2, 0) is 17.9 Å². The molecule has 2 atom stereocenters. The van der Waals surface area contributed by atoms with Gasteiger partial charge in [-0.2, -0.15) is 0 Å². The predicted molar refractivity (Wildman–Crippen MR) is 117 cm³/mol. The lowest BCUT2D eigenvalue weighted by molar-refractivity contribution is -0.127. The van der Waals surface area contributed by atoms with E-state index in [2.05, 4.69) is 22.3 Å². The highest BCUT2D eigenvalue weighted by Crippen LogP contribution is 2.31. The Morgan fingerprint density at radius 3 is 2.13 bits per heavy atom. The standard InChI is InChI=1S/C26H26F2N2O/c27-24-12-6-4-10-20(24)15-29-26(31)23-14-22(19-8-2-1-3-9-19)17-30(18-23)16-21-11-5-7-13-25(21)28/h1-13,22-23H,14-18H2,(H,29,31). The van der Waals surface area contributed by atoms with Gasteiger partial charge >= 0.3 is 0 Å². The summed E-state index contributed by atoms with van der Waals surface area (Å²) < 4.78 is 28.1. The number of carbonyl (C=O) groups is 1. The van der Waals surface area contributed by atoms with E-state index in [0.717, 1.165) is 6.54 Å². The molecule has 2 unspecified atom stereocenters. The fourth-order valence-electron chi connectivity index (χ4n) is 4.31. The minimum atomic E-state index is -0.324. The van der Waals surface area contributed by atoms with E-state index in [9.17, 15) is 13.6 Å². The monoisotopic (exact) mass is 420 g/mol. The first kappa shape index (κ1) is 21.2. The molecule has 5 heteroatoms. The smallest absolute Gasteiger partial charge is 0.224 e. The number of piperidine rings is 1. The molecule has 0 saturated carbocycles. The average molecular weight is 421 g/mol. The minimum absolute atomic E-state index is 0.0950. The number of nitrogens with zero attached hydrogens (tertiary/aromatic N) is 1. The molecule has 1 aliphatic rings. The summed E-state index contributed by atoms with van der Waals surface area (Å²) in [5.41, 5.74) is 2.27. The van der Waals surface area contributed by atoms with E-state index in [1.165, 1.54) is 17.7 Å². The third-order valence-corrected chi connectivity index (χ3v) is 5.93. The van der Waals surface area contributed by atoms with Gasteiger partial charge in [0.15, 0.2) is 0 Å². The van der Waals surface area contributed by atoms with Crippen LogP contribution in [0.2, 0.25) is 0 Å². The number of hydrogen-bond acceptors (Lipinski definition) is 2. The normalized spacial score (nSPS) is 19.2. The Balaban J connectivity index is 1.49. The van der Waals surface area contributed by atoms with Crippen molar-refractivity contribution >= 4 is 5.91 Å². The Kier molecular flexibility index (Phi) is 6.73. The van der Waals surface area contributed by atoms with E-state index in [4.69, 9.17) is 0 Å². The Bertz CT molecular complexity index is 1020. The van der Waals surface area contributed by atoms with Crippen molar-refractivity contribution < 1.29 is 13.6 Å². The van der Waals surface area contributed by atoms with Gasteiger partial charge < -0.3 is 5.32 Å². The molecule has 1 amide bonds. The molecule has 1 fully saturated rings. The number of hydrogen-bond donors (Lipinski definition) is 1. The Hall–Kier alpha value is -3.05. The second kappa shape index (κ2) is 9.84. The lowest BCUT2D eigenvalue weighted by Crippen LogP contribution is -2.45. The van der Waals surface area contributed by atoms with Crippen molar-refractivity contribution in [2.75, 3.05) is 13.1 Å². The summed E-state index contributed by atoms with van der Waals surface area (Å²) in [6.07, 6.45) is 0.709. The highest BCUT2D eigenvalue weighted by Gasteiger charge is 2.32. The fraction of sp³-hybridized carbons (Fsp3) is 0.269. The van der Waals surface area contributed by atoms with Gasteiger partial charge in [0.2, 0.25) is 5.91 Å². The summed E-state index contributed by atoms with van der Waals surface area (Å²) in [6.45, 7) is 1.91. The highest BCUT2D eigenvalue weighted by atomic mass is 19.1. The molecule has 0 aromatic heterocycles. The van der Waals surface area contributed by atoms with Crippen LogP contribution >= 0.6 is 0 Å². The number of halogens is 2. The number of amides is 1. The molecule has 4 rings (SSSR count). The second-order valence-corrected chi connectivity index (χ2v) is 8.13. The maximum Gasteiger partial charge on any atom is 0.224 e. The summed E-state index contributed by atoms with van der Waals surface area (Å²) in [6, 6.07) is 23.3. The zero-order valence-corrected chi connectivity index (χ0v) is 17.3. The molecule has 0 aliphatic carbocycles. The molecular weight excluding hydrogens is 394 g/mol. The number of carbonyl (C=O) groups excluding carboxylic acids is 1. The van der Waals surface area contributed by atoms with Crippen LogP contribution < -0.4 is 5.32 Å². The molecule has 1 aliphatic heterocycles. The van der Waals surface area contributed by atoms with Gasteiger partial charge in [0.05, 0.1) is 5.92 Å². The maximum atomic E-state index is 14.2. The zero-order valence-electron chi connectivity index (χ0n) is 17.3. The predicted octanol–water partition coefficient (Wildman–Crippen LogP) is 4.89. The molecule has 3 aromatic carbocycles. The molecule has 0 bridgehead atoms. The zero-order chi connectivity index (χ0) is 21.6. The minimum Gasteiger partial charge on any atom is -0.352 e. The number of nitrogens with one attached hydrogen (secondary N) is 1. The molecule has 1 saturated heterocycles. The van der Waals surface area contributed by atoms with Crippen LogP contribution in [0.25, 0.3) is 0 Å². The number of rotatable bonds is 6. The third-order valence-electron chi connectivity index (χ3n) is 5.93. The molecule has 0 spiro atoms. The Labute approximate surface area is 181 Å². The van der Waals surface area contributed by atoms with Gasteiger partial charge in [-0.25, -0.2) is 8.78 Å². The lowest BCUT2D eigenvalue weighted by Gasteiger charge is -2.37. The largest absolute Gasteiger partial charge is 0.352 e. The van der Waals surface area contributed by atoms with Crippen molar-refractivity contribution in [1.82, 2.24) is 10.2 Å². The van der Waals surface area contributed by atoms with Crippen LogP contribution in [0, 0.1) is 17.6 Å². The summed E-state index contributed by atoms with van der Waals surface area (Å²) in [5, 5.41) is 2.90. The molecule has 1 N–H and O–H groups in total. The molecule has 160 valence electrons. The van der Waals surface area contributed by atoms with Crippen molar-refractivity contribution in [2.45, 2.75) is 25.4 Å². The molecule has 1 heterocycles. The summed E-state index contributed by atoms with van der Waals surface area (Å²) >= 11 is 0. The van der Waals surface area contributed by atoms with E-state index in [0.29, 0.717) is 30.6 Å². The van der Waals surface area contributed by atoms with E-state index in [1.54, 1.807) is 30.3 Å². The van der Waals surface area contributed by atoms with Crippen LogP contribution in [0.5, 0.6) is 0 Å². The van der Waals surface area contributed by atoms with Crippen LogP contribution in [0.3, 0.4) is 0 Å². The van der Waals surface area contributed by atoms with Gasteiger partial charge in [0.25, 0.3) is 0 Å². The van der Waals surface area contributed by atoms with E-state index < -0.39 is 0 Å². The van der Waals surface area contributed by atoms with E-state index >= 15 is 0 Å². The van der Waals surface area contributed by atoms with Gasteiger partial charge in [0, 0.05) is 37.3 Å². The van der Waals surface area contributed by atoms with Crippen molar-refractivity contribution in [3.8, 4) is 0 Å². The van der Waals surface area contributed by atoms with Crippen LogP contribution in [-0.4, -0.2) is 23.9 Å². The number of benzene rings is 3. The highest BCUT2D eigenvalue weighted by molar-refractivity contribution is 5.79. The SMILES string of the molecule is O=C(NCc1ccccc1F)C1CC(c2ccccc2)CN(Cc2ccccc2F)C1. The van der Waals surface area contributed by atoms with Crippen molar-refractivity contribution in [2.24, 2.45) is 5.92 Å². The van der Waals surface area contributed by atoms with Crippen LogP contribution in [0.15, 0.2) is 78.9 Å². The van der Waals surface area contributed by atoms with E-state index in [-0.39, 0.29) is 35.9 Å². The van der Waals surface area contributed by atoms with Crippen molar-refractivity contribution in [1.29, 1.82) is 0 Å². The van der Waals surface area contributed by atoms with E-state index in [1.807, 2.05) is 24.3 Å². The first-order valence-corrected chi connectivity index (χ1v) is 10.6. The van der Waals surface area contributed by atoms with Gasteiger partial charge in [0.1, 0.15) is 11.6 Å².